The molecule has 4 aliphatic rings. The van der Waals surface area contributed by atoms with Crippen molar-refractivity contribution in [1.29, 1.82) is 0 Å². The molecule has 5 heteroatoms. The van der Waals surface area contributed by atoms with Crippen molar-refractivity contribution in [1.82, 2.24) is 20.0 Å². The van der Waals surface area contributed by atoms with Crippen molar-refractivity contribution in [2.45, 2.75) is 64.5 Å². The molecule has 1 amide bonds. The van der Waals surface area contributed by atoms with Crippen molar-refractivity contribution in [2.24, 2.45) is 11.3 Å². The molecule has 3 aliphatic heterocycles. The van der Waals surface area contributed by atoms with E-state index in [1.165, 1.54) is 38.6 Å². The summed E-state index contributed by atoms with van der Waals surface area (Å²) in [6.07, 6.45) is 7.58. The first kappa shape index (κ1) is 18.7. The van der Waals surface area contributed by atoms with Crippen LogP contribution in [0.4, 0.5) is 0 Å². The Morgan fingerprint density at radius 1 is 1.00 bits per heavy atom. The van der Waals surface area contributed by atoms with Crippen LogP contribution in [0, 0.1) is 11.3 Å². The second-order valence-electron chi connectivity index (χ2n) is 9.38. The van der Waals surface area contributed by atoms with Crippen molar-refractivity contribution in [3.05, 3.63) is 0 Å². The Hall–Kier alpha value is -0.650. The Morgan fingerprint density at radius 3 is 2.46 bits per heavy atom. The molecule has 2 unspecified atom stereocenters. The van der Waals surface area contributed by atoms with Gasteiger partial charge in [-0.1, -0.05) is 12.8 Å². The third-order valence-electron chi connectivity index (χ3n) is 7.93. The van der Waals surface area contributed by atoms with Gasteiger partial charge in [-0.25, -0.2) is 0 Å². The van der Waals surface area contributed by atoms with Gasteiger partial charge in [0, 0.05) is 57.9 Å². The normalized spacial score (nSPS) is 39.3. The Balaban J connectivity index is 1.27. The molecule has 26 heavy (non-hydrogen) atoms. The van der Waals surface area contributed by atoms with Gasteiger partial charge in [-0.3, -0.25) is 14.6 Å². The van der Waals surface area contributed by atoms with Gasteiger partial charge in [0.15, 0.2) is 0 Å². The van der Waals surface area contributed by atoms with E-state index in [4.69, 9.17) is 0 Å². The minimum absolute atomic E-state index is 0.0686. The predicted octanol–water partition coefficient (Wildman–Crippen LogP) is 1.78. The minimum atomic E-state index is -0.0686. The number of nitrogens with zero attached hydrogens (tertiary/aromatic N) is 3. The molecule has 0 aromatic heterocycles. The fourth-order valence-corrected chi connectivity index (χ4v) is 6.10. The second-order valence-corrected chi connectivity index (χ2v) is 9.38. The number of amides is 1. The lowest BCUT2D eigenvalue weighted by Gasteiger charge is -2.44. The third-order valence-corrected chi connectivity index (χ3v) is 7.93. The summed E-state index contributed by atoms with van der Waals surface area (Å²) in [6.45, 7) is 13.0. The molecule has 5 nitrogen and oxygen atoms in total. The first-order chi connectivity index (χ1) is 12.6. The zero-order valence-corrected chi connectivity index (χ0v) is 16.9. The molecule has 1 saturated carbocycles. The number of rotatable bonds is 4. The molecule has 3 saturated heterocycles. The van der Waals surface area contributed by atoms with E-state index in [0.717, 1.165) is 64.3 Å². The van der Waals surface area contributed by atoms with Crippen LogP contribution in [0.2, 0.25) is 0 Å². The summed E-state index contributed by atoms with van der Waals surface area (Å²) in [4.78, 5) is 20.8. The third kappa shape index (κ3) is 3.43. The average molecular weight is 363 g/mol. The number of hydrogen-bond donors (Lipinski definition) is 1. The zero-order chi connectivity index (χ0) is 18.1. The Morgan fingerprint density at radius 2 is 1.73 bits per heavy atom. The summed E-state index contributed by atoms with van der Waals surface area (Å²) < 4.78 is 0. The number of hydrogen-bond acceptors (Lipinski definition) is 4. The molecule has 1 N–H and O–H groups in total. The highest BCUT2D eigenvalue weighted by Crippen LogP contribution is 2.45. The Labute approximate surface area is 159 Å². The number of nitrogens with one attached hydrogen (secondary N) is 1. The summed E-state index contributed by atoms with van der Waals surface area (Å²) in [6, 6.07) is 1.48. The van der Waals surface area contributed by atoms with E-state index in [1.807, 2.05) is 0 Å². The second kappa shape index (κ2) is 7.76. The SMILES string of the molecule is CC1CCC(C)N1CCN1CCN(C(=O)[C@@]23CCCC[C@H]2CNC3)CC1. The van der Waals surface area contributed by atoms with Crippen molar-refractivity contribution in [2.75, 3.05) is 52.4 Å². The number of carbonyl (C=O) groups is 1. The van der Waals surface area contributed by atoms with E-state index >= 15 is 0 Å². The van der Waals surface area contributed by atoms with Crippen molar-refractivity contribution >= 4 is 5.91 Å². The first-order valence-corrected chi connectivity index (χ1v) is 11.1. The lowest BCUT2D eigenvalue weighted by atomic mass is 9.67. The van der Waals surface area contributed by atoms with Crippen LogP contribution in [0.25, 0.3) is 0 Å². The van der Waals surface area contributed by atoms with Gasteiger partial charge in [0.1, 0.15) is 0 Å². The van der Waals surface area contributed by atoms with Gasteiger partial charge >= 0.3 is 0 Å². The predicted molar refractivity (Wildman–Crippen MR) is 105 cm³/mol. The summed E-state index contributed by atoms with van der Waals surface area (Å²) in [5, 5.41) is 3.53. The Kier molecular flexibility index (Phi) is 5.58. The highest BCUT2D eigenvalue weighted by Gasteiger charge is 2.51. The highest BCUT2D eigenvalue weighted by molar-refractivity contribution is 5.84. The van der Waals surface area contributed by atoms with E-state index in [-0.39, 0.29) is 5.41 Å². The van der Waals surface area contributed by atoms with Crippen molar-refractivity contribution < 1.29 is 4.79 Å². The van der Waals surface area contributed by atoms with Crippen LogP contribution in [0.3, 0.4) is 0 Å². The van der Waals surface area contributed by atoms with Crippen molar-refractivity contribution in [3.8, 4) is 0 Å². The largest absolute Gasteiger partial charge is 0.340 e. The first-order valence-electron chi connectivity index (χ1n) is 11.1. The standard InChI is InChI=1S/C21H38N4O/c1-17-6-7-18(2)25(17)14-11-23-9-12-24(13-10-23)20(26)21-8-4-3-5-19(21)15-22-16-21/h17-19,22H,3-16H2,1-2H3/t17?,18?,19-,21+/m0/s1. The molecule has 0 bridgehead atoms. The molecule has 0 aromatic rings. The number of carbonyl (C=O) groups excluding carboxylic acids is 1. The van der Waals surface area contributed by atoms with Crippen LogP contribution in [-0.2, 0) is 4.79 Å². The van der Waals surface area contributed by atoms with E-state index in [0.29, 0.717) is 11.8 Å². The summed E-state index contributed by atoms with van der Waals surface area (Å²) in [5.74, 6) is 1.05. The molecule has 0 radical (unpaired) electrons. The number of likely N-dealkylation sites (tertiary alicyclic amines) is 1. The van der Waals surface area contributed by atoms with Crippen LogP contribution in [-0.4, -0.2) is 85.0 Å². The highest BCUT2D eigenvalue weighted by atomic mass is 16.2. The van der Waals surface area contributed by atoms with Gasteiger partial charge in [-0.05, 0) is 52.0 Å². The van der Waals surface area contributed by atoms with E-state index in [9.17, 15) is 4.79 Å². The van der Waals surface area contributed by atoms with Gasteiger partial charge in [-0.2, -0.15) is 0 Å². The van der Waals surface area contributed by atoms with Gasteiger partial charge in [0.05, 0.1) is 5.41 Å². The average Bonchev–Trinajstić information content (AvgIpc) is 3.24. The smallest absolute Gasteiger partial charge is 0.230 e. The molecular formula is C21H38N4O. The lowest BCUT2D eigenvalue weighted by Crippen LogP contribution is -2.56. The van der Waals surface area contributed by atoms with Crippen LogP contribution in [0.5, 0.6) is 0 Å². The molecule has 4 atom stereocenters. The van der Waals surface area contributed by atoms with E-state index < -0.39 is 0 Å². The molecule has 1 aliphatic carbocycles. The van der Waals surface area contributed by atoms with E-state index in [2.05, 4.69) is 33.9 Å². The maximum atomic E-state index is 13.4. The molecule has 4 fully saturated rings. The van der Waals surface area contributed by atoms with Crippen molar-refractivity contribution in [3.63, 3.8) is 0 Å². The van der Waals surface area contributed by atoms with Gasteiger partial charge < -0.3 is 10.2 Å². The molecule has 0 spiro atoms. The maximum Gasteiger partial charge on any atom is 0.230 e. The molecule has 4 rings (SSSR count). The molecule has 0 aromatic carbocycles. The number of fused-ring (bicyclic) bond motifs is 1. The minimum Gasteiger partial charge on any atom is -0.340 e. The van der Waals surface area contributed by atoms with Crippen LogP contribution >= 0.6 is 0 Å². The Bertz CT molecular complexity index is 494. The van der Waals surface area contributed by atoms with Crippen LogP contribution in [0.15, 0.2) is 0 Å². The van der Waals surface area contributed by atoms with Gasteiger partial charge in [0.25, 0.3) is 0 Å². The summed E-state index contributed by atoms with van der Waals surface area (Å²) in [7, 11) is 0. The van der Waals surface area contributed by atoms with E-state index in [1.54, 1.807) is 0 Å². The fourth-order valence-electron chi connectivity index (χ4n) is 6.10. The quantitative estimate of drug-likeness (QED) is 0.827. The van der Waals surface area contributed by atoms with Crippen LogP contribution < -0.4 is 5.32 Å². The van der Waals surface area contributed by atoms with Crippen LogP contribution in [0.1, 0.15) is 52.4 Å². The monoisotopic (exact) mass is 362 g/mol. The lowest BCUT2D eigenvalue weighted by molar-refractivity contribution is -0.147. The molecule has 148 valence electrons. The maximum absolute atomic E-state index is 13.4. The molecule has 3 heterocycles. The number of piperazine rings is 1. The fraction of sp³-hybridized carbons (Fsp3) is 0.952. The topological polar surface area (TPSA) is 38.8 Å². The molecular weight excluding hydrogens is 324 g/mol. The van der Waals surface area contributed by atoms with Gasteiger partial charge in [-0.15, -0.1) is 0 Å². The van der Waals surface area contributed by atoms with Gasteiger partial charge in [0.2, 0.25) is 5.91 Å². The summed E-state index contributed by atoms with van der Waals surface area (Å²) in [5.41, 5.74) is -0.0686. The zero-order valence-electron chi connectivity index (χ0n) is 16.9. The summed E-state index contributed by atoms with van der Waals surface area (Å²) >= 11 is 0.